The van der Waals surface area contributed by atoms with Crippen molar-refractivity contribution in [3.8, 4) is 11.1 Å². The molecule has 100 valence electrons. The summed E-state index contributed by atoms with van der Waals surface area (Å²) in [5.41, 5.74) is 7.99. The number of halogens is 1. The highest BCUT2D eigenvalue weighted by atomic mass is 35.5. The van der Waals surface area contributed by atoms with Crippen molar-refractivity contribution in [3.05, 3.63) is 63.8 Å². The minimum atomic E-state index is -0.0932. The number of rotatable bonds is 1. The molecule has 0 aliphatic rings. The number of nitrogens with zero attached hydrogens (tertiary/aromatic N) is 1. The molecule has 0 atom stereocenters. The number of anilines is 1. The van der Waals surface area contributed by atoms with Gasteiger partial charge in [-0.15, -0.1) is 0 Å². The van der Waals surface area contributed by atoms with Crippen molar-refractivity contribution in [1.82, 2.24) is 4.57 Å². The van der Waals surface area contributed by atoms with Crippen molar-refractivity contribution in [2.75, 3.05) is 5.73 Å². The summed E-state index contributed by atoms with van der Waals surface area (Å²) in [5, 5.41) is 1.16. The highest BCUT2D eigenvalue weighted by Crippen LogP contribution is 2.30. The number of aryl methyl sites for hydroxylation is 1. The van der Waals surface area contributed by atoms with E-state index in [1.807, 2.05) is 48.0 Å². The Kier molecular flexibility index (Phi) is 2.99. The fraction of sp³-hybridized carbons (Fsp3) is 0.0625. The topological polar surface area (TPSA) is 48.0 Å². The van der Waals surface area contributed by atoms with Crippen molar-refractivity contribution >= 4 is 28.3 Å². The molecule has 2 N–H and O–H groups in total. The van der Waals surface area contributed by atoms with Crippen LogP contribution >= 0.6 is 11.6 Å². The summed E-state index contributed by atoms with van der Waals surface area (Å²) >= 11 is 6.20. The Labute approximate surface area is 121 Å². The lowest BCUT2D eigenvalue weighted by molar-refractivity contribution is 0.967. The molecule has 0 aliphatic carbocycles. The van der Waals surface area contributed by atoms with Gasteiger partial charge < -0.3 is 10.3 Å². The average molecular weight is 285 g/mol. The Morgan fingerprint density at radius 2 is 1.70 bits per heavy atom. The first-order valence-corrected chi connectivity index (χ1v) is 6.61. The molecule has 2 aromatic carbocycles. The number of nitrogens with two attached hydrogens (primary N) is 1. The molecule has 0 saturated heterocycles. The molecule has 3 rings (SSSR count). The fourth-order valence-corrected chi connectivity index (χ4v) is 2.66. The van der Waals surface area contributed by atoms with Gasteiger partial charge in [0.2, 0.25) is 0 Å². The lowest BCUT2D eigenvalue weighted by Gasteiger charge is -2.14. The normalized spacial score (nSPS) is 10.9. The largest absolute Gasteiger partial charge is 0.384 e. The minimum Gasteiger partial charge on any atom is -0.384 e. The van der Waals surface area contributed by atoms with E-state index < -0.39 is 0 Å². The second-order valence-corrected chi connectivity index (χ2v) is 5.05. The van der Waals surface area contributed by atoms with Gasteiger partial charge in [0.15, 0.2) is 5.43 Å². The van der Waals surface area contributed by atoms with Crippen LogP contribution in [0.25, 0.3) is 22.0 Å². The van der Waals surface area contributed by atoms with Crippen LogP contribution in [0.2, 0.25) is 5.02 Å². The molecule has 0 radical (unpaired) electrons. The summed E-state index contributed by atoms with van der Waals surface area (Å²) in [4.78, 5) is 12.7. The molecular formula is C16H13ClN2O. The van der Waals surface area contributed by atoms with E-state index in [0.29, 0.717) is 27.4 Å². The number of nitrogen functional groups attached to an aromatic ring is 1. The monoisotopic (exact) mass is 284 g/mol. The number of aromatic nitrogens is 1. The molecule has 0 spiro atoms. The molecule has 3 nitrogen and oxygen atoms in total. The number of para-hydroxylation sites is 1. The minimum absolute atomic E-state index is 0.0932. The Morgan fingerprint density at radius 3 is 2.45 bits per heavy atom. The average Bonchev–Trinajstić information content (AvgIpc) is 2.47. The van der Waals surface area contributed by atoms with Gasteiger partial charge in [-0.05, 0) is 18.2 Å². The maximum absolute atomic E-state index is 12.7. The smallest absolute Gasteiger partial charge is 0.199 e. The number of hydrogen-bond acceptors (Lipinski definition) is 2. The first kappa shape index (κ1) is 12.8. The number of pyridine rings is 1. The summed E-state index contributed by atoms with van der Waals surface area (Å²) in [5.74, 6) is 0.418. The maximum atomic E-state index is 12.7. The summed E-state index contributed by atoms with van der Waals surface area (Å²) in [6, 6.07) is 14.6. The first-order valence-electron chi connectivity index (χ1n) is 6.23. The molecule has 0 bridgehead atoms. The van der Waals surface area contributed by atoms with Gasteiger partial charge in [-0.25, -0.2) is 0 Å². The lowest BCUT2D eigenvalue weighted by atomic mass is 10.0. The summed E-state index contributed by atoms with van der Waals surface area (Å²) in [6.07, 6.45) is 0. The molecule has 0 unspecified atom stereocenters. The first-order chi connectivity index (χ1) is 9.61. The summed E-state index contributed by atoms with van der Waals surface area (Å²) in [6.45, 7) is 0. The number of benzene rings is 2. The third kappa shape index (κ3) is 1.79. The predicted octanol–water partition coefficient (Wildman–Crippen LogP) is 3.44. The zero-order valence-electron chi connectivity index (χ0n) is 10.9. The molecule has 4 heteroatoms. The van der Waals surface area contributed by atoms with E-state index in [1.165, 1.54) is 0 Å². The van der Waals surface area contributed by atoms with Gasteiger partial charge in [0.1, 0.15) is 5.82 Å². The molecule has 1 heterocycles. The molecule has 0 fully saturated rings. The van der Waals surface area contributed by atoms with Crippen LogP contribution in [-0.4, -0.2) is 4.57 Å². The van der Waals surface area contributed by atoms with Crippen LogP contribution in [-0.2, 0) is 7.05 Å². The van der Waals surface area contributed by atoms with Gasteiger partial charge in [0.05, 0.1) is 11.1 Å². The fourth-order valence-electron chi connectivity index (χ4n) is 2.43. The highest BCUT2D eigenvalue weighted by Gasteiger charge is 2.16. The molecule has 1 aromatic heterocycles. The Morgan fingerprint density at radius 1 is 1.05 bits per heavy atom. The van der Waals surface area contributed by atoms with Crippen LogP contribution < -0.4 is 11.2 Å². The van der Waals surface area contributed by atoms with E-state index in [2.05, 4.69) is 0 Å². The van der Waals surface area contributed by atoms with Gasteiger partial charge >= 0.3 is 0 Å². The van der Waals surface area contributed by atoms with E-state index >= 15 is 0 Å². The standard InChI is InChI=1S/C16H13ClN2O/c1-19-13-9-5-3-7-11(13)15(20)14(16(19)18)10-6-2-4-8-12(10)17/h2-9H,18H2,1H3. The lowest BCUT2D eigenvalue weighted by Crippen LogP contribution is -2.15. The predicted molar refractivity (Wildman–Crippen MR) is 84.0 cm³/mol. The third-order valence-corrected chi connectivity index (χ3v) is 3.83. The van der Waals surface area contributed by atoms with Crippen LogP contribution in [0.4, 0.5) is 5.82 Å². The van der Waals surface area contributed by atoms with Crippen molar-refractivity contribution in [1.29, 1.82) is 0 Å². The Balaban J connectivity index is 2.50. The van der Waals surface area contributed by atoms with Gasteiger partial charge in [0.25, 0.3) is 0 Å². The molecule has 0 aliphatic heterocycles. The summed E-state index contributed by atoms with van der Waals surface area (Å²) < 4.78 is 1.81. The van der Waals surface area contributed by atoms with Gasteiger partial charge in [-0.1, -0.05) is 41.9 Å². The molecule has 3 aromatic rings. The van der Waals surface area contributed by atoms with E-state index in [4.69, 9.17) is 17.3 Å². The van der Waals surface area contributed by atoms with Crippen molar-refractivity contribution in [2.45, 2.75) is 0 Å². The molecular weight excluding hydrogens is 272 g/mol. The van der Waals surface area contributed by atoms with Gasteiger partial charge in [0, 0.05) is 23.0 Å². The van der Waals surface area contributed by atoms with Gasteiger partial charge in [-0.2, -0.15) is 0 Å². The van der Waals surface area contributed by atoms with Crippen LogP contribution in [0, 0.1) is 0 Å². The summed E-state index contributed by atoms with van der Waals surface area (Å²) in [7, 11) is 1.84. The van der Waals surface area contributed by atoms with Crippen molar-refractivity contribution < 1.29 is 0 Å². The molecule has 20 heavy (non-hydrogen) atoms. The SMILES string of the molecule is Cn1c(N)c(-c2ccccc2Cl)c(=O)c2ccccc21. The van der Waals surface area contributed by atoms with Crippen molar-refractivity contribution in [3.63, 3.8) is 0 Å². The number of hydrogen-bond donors (Lipinski definition) is 1. The van der Waals surface area contributed by atoms with E-state index in [1.54, 1.807) is 12.1 Å². The Bertz CT molecular complexity index is 868. The van der Waals surface area contributed by atoms with Crippen LogP contribution in [0.1, 0.15) is 0 Å². The van der Waals surface area contributed by atoms with Crippen LogP contribution in [0.3, 0.4) is 0 Å². The van der Waals surface area contributed by atoms with Crippen molar-refractivity contribution in [2.24, 2.45) is 7.05 Å². The highest BCUT2D eigenvalue weighted by molar-refractivity contribution is 6.33. The number of fused-ring (bicyclic) bond motifs is 1. The maximum Gasteiger partial charge on any atom is 0.199 e. The quantitative estimate of drug-likeness (QED) is 0.744. The van der Waals surface area contributed by atoms with E-state index in [-0.39, 0.29) is 5.43 Å². The van der Waals surface area contributed by atoms with Crippen LogP contribution in [0.5, 0.6) is 0 Å². The molecule has 0 saturated carbocycles. The second-order valence-electron chi connectivity index (χ2n) is 4.65. The third-order valence-electron chi connectivity index (χ3n) is 3.50. The van der Waals surface area contributed by atoms with Gasteiger partial charge in [-0.3, -0.25) is 4.79 Å². The van der Waals surface area contributed by atoms with Crippen LogP contribution in [0.15, 0.2) is 53.3 Å². The molecule has 0 amide bonds. The zero-order chi connectivity index (χ0) is 14.3. The van der Waals surface area contributed by atoms with E-state index in [9.17, 15) is 4.79 Å². The Hall–Kier alpha value is -2.26. The zero-order valence-corrected chi connectivity index (χ0v) is 11.7. The van der Waals surface area contributed by atoms with E-state index in [0.717, 1.165) is 5.52 Å². The second kappa shape index (κ2) is 4.69.